The number of rotatable bonds is 6. The van der Waals surface area contributed by atoms with Gasteiger partial charge in [0.05, 0.1) is 0 Å². The molecule has 0 aromatic rings. The number of nitrogens with one attached hydrogen (secondary N) is 1. The van der Waals surface area contributed by atoms with E-state index >= 15 is 0 Å². The molecule has 1 amide bonds. The number of carbonyl (C=O) groups excluding carboxylic acids is 1. The molecule has 0 rings (SSSR count). The van der Waals surface area contributed by atoms with E-state index in [0.29, 0.717) is 18.9 Å². The largest absolute Gasteiger partial charge is 0.396 e. The summed E-state index contributed by atoms with van der Waals surface area (Å²) in [4.78, 5) is 11.4. The molecule has 0 aromatic heterocycles. The van der Waals surface area contributed by atoms with Crippen molar-refractivity contribution in [2.24, 2.45) is 17.6 Å². The predicted molar refractivity (Wildman–Crippen MR) is 56.7 cm³/mol. The highest BCUT2D eigenvalue weighted by Crippen LogP contribution is 2.02. The molecule has 3 atom stereocenters. The van der Waals surface area contributed by atoms with Crippen LogP contribution in [-0.2, 0) is 4.79 Å². The minimum atomic E-state index is -0.156. The van der Waals surface area contributed by atoms with Crippen molar-refractivity contribution in [3.05, 3.63) is 0 Å². The van der Waals surface area contributed by atoms with Crippen LogP contribution in [0, 0.1) is 11.8 Å². The van der Waals surface area contributed by atoms with Crippen molar-refractivity contribution in [2.75, 3.05) is 13.2 Å². The van der Waals surface area contributed by atoms with Gasteiger partial charge in [-0.05, 0) is 19.3 Å². The molecule has 0 heterocycles. The van der Waals surface area contributed by atoms with E-state index in [2.05, 4.69) is 5.32 Å². The van der Waals surface area contributed by atoms with Gasteiger partial charge < -0.3 is 16.2 Å². The predicted octanol–water partition coefficient (Wildman–Crippen LogP) is 0.104. The topological polar surface area (TPSA) is 75.3 Å². The Bertz CT molecular complexity index is 172. The van der Waals surface area contributed by atoms with E-state index < -0.39 is 0 Å². The summed E-state index contributed by atoms with van der Waals surface area (Å²) in [7, 11) is 0. The maximum Gasteiger partial charge on any atom is 0.224 e. The Morgan fingerprint density at radius 1 is 1.43 bits per heavy atom. The third-order valence-electron chi connectivity index (χ3n) is 2.45. The van der Waals surface area contributed by atoms with E-state index in [1.54, 1.807) is 0 Å². The van der Waals surface area contributed by atoms with Crippen molar-refractivity contribution in [3.8, 4) is 0 Å². The van der Waals surface area contributed by atoms with Crippen molar-refractivity contribution < 1.29 is 9.90 Å². The maximum atomic E-state index is 11.4. The van der Waals surface area contributed by atoms with Gasteiger partial charge in [-0.2, -0.15) is 0 Å². The molecule has 0 aliphatic rings. The average molecular weight is 202 g/mol. The Labute approximate surface area is 85.9 Å². The second kappa shape index (κ2) is 6.79. The molecule has 84 valence electrons. The number of aliphatic hydroxyl groups excluding tert-OH is 1. The third-order valence-corrected chi connectivity index (χ3v) is 2.45. The average Bonchev–Trinajstić information content (AvgIpc) is 2.13. The summed E-state index contributed by atoms with van der Waals surface area (Å²) in [5, 5.41) is 11.5. The molecule has 0 saturated heterocycles. The first-order valence-electron chi connectivity index (χ1n) is 5.13. The summed E-state index contributed by atoms with van der Waals surface area (Å²) in [5.74, 6) is 0.144. The fourth-order valence-electron chi connectivity index (χ4n) is 0.997. The van der Waals surface area contributed by atoms with Gasteiger partial charge in [0, 0.05) is 25.1 Å². The molecule has 0 aliphatic heterocycles. The normalized spacial score (nSPS) is 17.2. The second-order valence-corrected chi connectivity index (χ2v) is 4.01. The van der Waals surface area contributed by atoms with Gasteiger partial charge in [0.1, 0.15) is 0 Å². The standard InChI is InChI=1S/C10H22N2O2/c1-7(4-5-13)6-12-10(14)8(2)9(3)11/h7-9,13H,4-6,11H2,1-3H3,(H,12,14). The molecule has 0 bridgehead atoms. The first-order valence-corrected chi connectivity index (χ1v) is 5.13. The van der Waals surface area contributed by atoms with Gasteiger partial charge in [-0.1, -0.05) is 13.8 Å². The van der Waals surface area contributed by atoms with Gasteiger partial charge in [0.25, 0.3) is 0 Å². The lowest BCUT2D eigenvalue weighted by Crippen LogP contribution is -2.40. The molecule has 14 heavy (non-hydrogen) atoms. The molecular formula is C10H22N2O2. The van der Waals surface area contributed by atoms with Crippen LogP contribution in [0.3, 0.4) is 0 Å². The van der Waals surface area contributed by atoms with Crippen LogP contribution in [0.5, 0.6) is 0 Å². The van der Waals surface area contributed by atoms with Crippen molar-refractivity contribution >= 4 is 5.91 Å². The number of carbonyl (C=O) groups is 1. The minimum Gasteiger partial charge on any atom is -0.396 e. The summed E-state index contributed by atoms with van der Waals surface area (Å²) in [6.45, 7) is 6.40. The van der Waals surface area contributed by atoms with Crippen LogP contribution in [0.15, 0.2) is 0 Å². The van der Waals surface area contributed by atoms with Crippen LogP contribution in [0.2, 0.25) is 0 Å². The monoisotopic (exact) mass is 202 g/mol. The van der Waals surface area contributed by atoms with Crippen molar-refractivity contribution in [3.63, 3.8) is 0 Å². The van der Waals surface area contributed by atoms with E-state index in [1.165, 1.54) is 0 Å². The van der Waals surface area contributed by atoms with Crippen LogP contribution in [-0.4, -0.2) is 30.2 Å². The first-order chi connectivity index (χ1) is 6.49. The highest BCUT2D eigenvalue weighted by molar-refractivity contribution is 5.78. The molecule has 0 aliphatic carbocycles. The Morgan fingerprint density at radius 2 is 2.00 bits per heavy atom. The fraction of sp³-hybridized carbons (Fsp3) is 0.900. The highest BCUT2D eigenvalue weighted by atomic mass is 16.3. The molecule has 0 fully saturated rings. The summed E-state index contributed by atoms with van der Waals surface area (Å²) in [5.41, 5.74) is 5.60. The number of hydrogen-bond acceptors (Lipinski definition) is 3. The molecular weight excluding hydrogens is 180 g/mol. The Morgan fingerprint density at radius 3 is 2.43 bits per heavy atom. The number of aliphatic hydroxyl groups is 1. The number of hydrogen-bond donors (Lipinski definition) is 3. The first kappa shape index (κ1) is 13.4. The molecule has 0 saturated carbocycles. The van der Waals surface area contributed by atoms with Gasteiger partial charge in [-0.25, -0.2) is 0 Å². The lowest BCUT2D eigenvalue weighted by Gasteiger charge is -2.17. The molecule has 4 nitrogen and oxygen atoms in total. The van der Waals surface area contributed by atoms with E-state index in [4.69, 9.17) is 10.8 Å². The summed E-state index contributed by atoms with van der Waals surface area (Å²) < 4.78 is 0. The van der Waals surface area contributed by atoms with E-state index in [-0.39, 0.29) is 24.5 Å². The third kappa shape index (κ3) is 5.19. The van der Waals surface area contributed by atoms with Gasteiger partial charge >= 0.3 is 0 Å². The van der Waals surface area contributed by atoms with Gasteiger partial charge in [-0.15, -0.1) is 0 Å². The van der Waals surface area contributed by atoms with Gasteiger partial charge in [-0.3, -0.25) is 4.79 Å². The molecule has 4 heteroatoms. The van der Waals surface area contributed by atoms with E-state index in [0.717, 1.165) is 0 Å². The zero-order chi connectivity index (χ0) is 11.1. The smallest absolute Gasteiger partial charge is 0.224 e. The summed E-state index contributed by atoms with van der Waals surface area (Å²) in [6, 6.07) is -0.122. The van der Waals surface area contributed by atoms with Crippen LogP contribution >= 0.6 is 0 Å². The van der Waals surface area contributed by atoms with Crippen LogP contribution < -0.4 is 11.1 Å². The van der Waals surface area contributed by atoms with Crippen molar-refractivity contribution in [1.29, 1.82) is 0 Å². The van der Waals surface area contributed by atoms with Crippen LogP contribution in [0.1, 0.15) is 27.2 Å². The quantitative estimate of drug-likeness (QED) is 0.572. The van der Waals surface area contributed by atoms with E-state index in [9.17, 15) is 4.79 Å². The molecule has 0 radical (unpaired) electrons. The lowest BCUT2D eigenvalue weighted by atomic mass is 10.0. The van der Waals surface area contributed by atoms with Crippen molar-refractivity contribution in [1.82, 2.24) is 5.32 Å². The fourth-order valence-corrected chi connectivity index (χ4v) is 0.997. The molecule has 0 spiro atoms. The number of amides is 1. The molecule has 0 aromatic carbocycles. The van der Waals surface area contributed by atoms with Gasteiger partial charge in [0.15, 0.2) is 0 Å². The number of nitrogens with two attached hydrogens (primary N) is 1. The summed E-state index contributed by atoms with van der Waals surface area (Å²) >= 11 is 0. The van der Waals surface area contributed by atoms with Crippen molar-refractivity contribution in [2.45, 2.75) is 33.2 Å². The molecule has 4 N–H and O–H groups in total. The zero-order valence-corrected chi connectivity index (χ0v) is 9.29. The summed E-state index contributed by atoms with van der Waals surface area (Å²) in [6.07, 6.45) is 0.715. The highest BCUT2D eigenvalue weighted by Gasteiger charge is 2.16. The Kier molecular flexibility index (Phi) is 6.49. The molecule has 3 unspecified atom stereocenters. The van der Waals surface area contributed by atoms with Crippen LogP contribution in [0.4, 0.5) is 0 Å². The van der Waals surface area contributed by atoms with Gasteiger partial charge in [0.2, 0.25) is 5.91 Å². The SMILES string of the molecule is CC(CCO)CNC(=O)C(C)C(C)N. The van der Waals surface area contributed by atoms with E-state index in [1.807, 2.05) is 20.8 Å². The second-order valence-electron chi connectivity index (χ2n) is 4.01. The lowest BCUT2D eigenvalue weighted by molar-refractivity contribution is -0.125. The Hall–Kier alpha value is -0.610. The maximum absolute atomic E-state index is 11.4. The Balaban J connectivity index is 3.73. The zero-order valence-electron chi connectivity index (χ0n) is 9.29. The van der Waals surface area contributed by atoms with Crippen LogP contribution in [0.25, 0.3) is 0 Å². The minimum absolute atomic E-state index is 0.00945.